The SMILES string of the molecule is O=C(Nc1c(F)cccc1F)C1CCN(S(=O)(=O)c2ccc3c(c2)CCCC3)CC1. The summed E-state index contributed by atoms with van der Waals surface area (Å²) in [6.07, 6.45) is 4.68. The van der Waals surface area contributed by atoms with Gasteiger partial charge in [0.1, 0.15) is 17.3 Å². The maximum atomic E-state index is 13.8. The average Bonchev–Trinajstić information content (AvgIpc) is 2.76. The Bertz CT molecular complexity index is 1040. The lowest BCUT2D eigenvalue weighted by Gasteiger charge is -2.31. The Morgan fingerprint density at radius 1 is 0.967 bits per heavy atom. The van der Waals surface area contributed by atoms with Gasteiger partial charge in [0.2, 0.25) is 15.9 Å². The summed E-state index contributed by atoms with van der Waals surface area (Å²) < 4.78 is 55.0. The fraction of sp³-hybridized carbons (Fsp3) is 0.409. The van der Waals surface area contributed by atoms with Crippen LogP contribution >= 0.6 is 0 Å². The molecule has 8 heteroatoms. The Morgan fingerprint density at radius 3 is 2.27 bits per heavy atom. The van der Waals surface area contributed by atoms with Gasteiger partial charge >= 0.3 is 0 Å². The van der Waals surface area contributed by atoms with Gasteiger partial charge in [-0.15, -0.1) is 0 Å². The standard InChI is InChI=1S/C22H24F2N2O3S/c23-19-6-3-7-20(24)21(19)25-22(27)16-10-12-26(13-11-16)30(28,29)18-9-8-15-4-1-2-5-17(15)14-18/h3,6-9,14,16H,1-2,4-5,10-13H2,(H,25,27). The number of hydrogen-bond donors (Lipinski definition) is 1. The highest BCUT2D eigenvalue weighted by Gasteiger charge is 2.33. The molecule has 160 valence electrons. The van der Waals surface area contributed by atoms with Gasteiger partial charge in [-0.25, -0.2) is 17.2 Å². The molecule has 5 nitrogen and oxygen atoms in total. The van der Waals surface area contributed by atoms with Crippen LogP contribution in [0.1, 0.15) is 36.8 Å². The lowest BCUT2D eigenvalue weighted by atomic mass is 9.92. The molecule has 0 atom stereocenters. The van der Waals surface area contributed by atoms with E-state index in [1.807, 2.05) is 6.07 Å². The molecule has 2 aromatic carbocycles. The zero-order valence-electron chi connectivity index (χ0n) is 16.5. The number of benzene rings is 2. The van der Waals surface area contributed by atoms with Gasteiger partial charge in [0.05, 0.1) is 4.90 Å². The van der Waals surface area contributed by atoms with Gasteiger partial charge in [0.25, 0.3) is 0 Å². The normalized spacial score (nSPS) is 18.1. The van der Waals surface area contributed by atoms with E-state index in [0.29, 0.717) is 17.7 Å². The first kappa shape index (κ1) is 20.9. The van der Waals surface area contributed by atoms with Crippen molar-refractivity contribution in [1.82, 2.24) is 4.31 Å². The number of piperidine rings is 1. The van der Waals surface area contributed by atoms with E-state index in [4.69, 9.17) is 0 Å². The fourth-order valence-corrected chi connectivity index (χ4v) is 5.74. The number of para-hydroxylation sites is 1. The molecule has 0 bridgehead atoms. The summed E-state index contributed by atoms with van der Waals surface area (Å²) in [5.41, 5.74) is 1.85. The van der Waals surface area contributed by atoms with Crippen molar-refractivity contribution in [3.05, 3.63) is 59.2 Å². The molecule has 1 amide bonds. The molecule has 1 aliphatic heterocycles. The molecule has 1 N–H and O–H groups in total. The Hall–Kier alpha value is -2.32. The van der Waals surface area contributed by atoms with E-state index < -0.39 is 39.2 Å². The molecule has 0 saturated carbocycles. The van der Waals surface area contributed by atoms with Gasteiger partial charge in [-0.2, -0.15) is 4.31 Å². The molecule has 0 spiro atoms. The van der Waals surface area contributed by atoms with Crippen molar-refractivity contribution in [2.45, 2.75) is 43.4 Å². The summed E-state index contributed by atoms with van der Waals surface area (Å²) in [4.78, 5) is 12.7. The van der Waals surface area contributed by atoms with Crippen LogP contribution in [-0.4, -0.2) is 31.7 Å². The van der Waals surface area contributed by atoms with E-state index in [1.54, 1.807) is 12.1 Å². The number of anilines is 1. The molecule has 1 fully saturated rings. The smallest absolute Gasteiger partial charge is 0.243 e. The van der Waals surface area contributed by atoms with E-state index >= 15 is 0 Å². The summed E-state index contributed by atoms with van der Waals surface area (Å²) in [5.74, 6) is -2.67. The highest BCUT2D eigenvalue weighted by atomic mass is 32.2. The van der Waals surface area contributed by atoms with E-state index in [0.717, 1.165) is 43.4 Å². The number of halogens is 2. The third-order valence-electron chi connectivity index (χ3n) is 5.99. The molecule has 0 unspecified atom stereocenters. The first-order valence-corrected chi connectivity index (χ1v) is 11.7. The maximum absolute atomic E-state index is 13.8. The van der Waals surface area contributed by atoms with Gasteiger partial charge in [-0.05, 0) is 73.9 Å². The Morgan fingerprint density at radius 2 is 1.60 bits per heavy atom. The van der Waals surface area contributed by atoms with Crippen molar-refractivity contribution in [3.63, 3.8) is 0 Å². The summed E-state index contributed by atoms with van der Waals surface area (Å²) in [6, 6.07) is 8.73. The maximum Gasteiger partial charge on any atom is 0.243 e. The molecule has 30 heavy (non-hydrogen) atoms. The number of carbonyl (C=O) groups excluding carboxylic acids is 1. The number of hydrogen-bond acceptors (Lipinski definition) is 3. The minimum Gasteiger partial charge on any atom is -0.321 e. The van der Waals surface area contributed by atoms with Crippen LogP contribution in [0.5, 0.6) is 0 Å². The number of fused-ring (bicyclic) bond motifs is 1. The minimum atomic E-state index is -3.64. The zero-order chi connectivity index (χ0) is 21.3. The summed E-state index contributed by atoms with van der Waals surface area (Å²) in [7, 11) is -3.64. The van der Waals surface area contributed by atoms with Crippen LogP contribution in [0.2, 0.25) is 0 Å². The van der Waals surface area contributed by atoms with Crippen molar-refractivity contribution >= 4 is 21.6 Å². The van der Waals surface area contributed by atoms with Crippen molar-refractivity contribution in [2.75, 3.05) is 18.4 Å². The number of nitrogens with one attached hydrogen (secondary N) is 1. The van der Waals surface area contributed by atoms with Gasteiger partial charge in [0.15, 0.2) is 0 Å². The second-order valence-corrected chi connectivity index (χ2v) is 9.84. The van der Waals surface area contributed by atoms with Gasteiger partial charge in [0, 0.05) is 19.0 Å². The summed E-state index contributed by atoms with van der Waals surface area (Å²) in [6.45, 7) is 0.383. The predicted molar refractivity (Wildman–Crippen MR) is 110 cm³/mol. The van der Waals surface area contributed by atoms with Crippen LogP contribution in [0, 0.1) is 17.6 Å². The largest absolute Gasteiger partial charge is 0.321 e. The van der Waals surface area contributed by atoms with Crippen molar-refractivity contribution in [1.29, 1.82) is 0 Å². The van der Waals surface area contributed by atoms with Gasteiger partial charge < -0.3 is 5.32 Å². The third kappa shape index (κ3) is 4.11. The number of carbonyl (C=O) groups is 1. The Labute approximate surface area is 175 Å². The van der Waals surface area contributed by atoms with Gasteiger partial charge in [-0.1, -0.05) is 12.1 Å². The molecular formula is C22H24F2N2O3S. The zero-order valence-corrected chi connectivity index (χ0v) is 17.4. The molecule has 1 aliphatic carbocycles. The topological polar surface area (TPSA) is 66.5 Å². The van der Waals surface area contributed by atoms with E-state index in [9.17, 15) is 22.0 Å². The van der Waals surface area contributed by atoms with E-state index in [1.165, 1.54) is 15.9 Å². The molecular weight excluding hydrogens is 410 g/mol. The van der Waals surface area contributed by atoms with Crippen LogP contribution in [0.25, 0.3) is 0 Å². The highest BCUT2D eigenvalue weighted by molar-refractivity contribution is 7.89. The number of amides is 1. The number of rotatable bonds is 4. The predicted octanol–water partition coefficient (Wildman–Crippen LogP) is 3.88. The minimum absolute atomic E-state index is 0.192. The molecule has 0 radical (unpaired) electrons. The fourth-order valence-electron chi connectivity index (χ4n) is 4.22. The first-order chi connectivity index (χ1) is 14.4. The Kier molecular flexibility index (Phi) is 5.88. The molecule has 2 aromatic rings. The lowest BCUT2D eigenvalue weighted by Crippen LogP contribution is -2.41. The van der Waals surface area contributed by atoms with Gasteiger partial charge in [-0.3, -0.25) is 4.79 Å². The second-order valence-electron chi connectivity index (χ2n) is 7.90. The molecule has 0 aromatic heterocycles. The summed E-state index contributed by atoms with van der Waals surface area (Å²) in [5, 5.41) is 2.31. The molecule has 1 saturated heterocycles. The van der Waals surface area contributed by atoms with Crippen LogP contribution < -0.4 is 5.32 Å². The van der Waals surface area contributed by atoms with Crippen LogP contribution in [0.4, 0.5) is 14.5 Å². The third-order valence-corrected chi connectivity index (χ3v) is 7.89. The monoisotopic (exact) mass is 434 g/mol. The number of nitrogens with zero attached hydrogens (tertiary/aromatic N) is 1. The van der Waals surface area contributed by atoms with Crippen LogP contribution in [0.15, 0.2) is 41.3 Å². The summed E-state index contributed by atoms with van der Waals surface area (Å²) >= 11 is 0. The number of aryl methyl sites for hydroxylation is 2. The lowest BCUT2D eigenvalue weighted by molar-refractivity contribution is -0.121. The van der Waals surface area contributed by atoms with E-state index in [-0.39, 0.29) is 13.1 Å². The molecule has 4 rings (SSSR count). The quantitative estimate of drug-likeness (QED) is 0.794. The average molecular weight is 435 g/mol. The Balaban J connectivity index is 1.42. The van der Waals surface area contributed by atoms with Crippen molar-refractivity contribution in [2.24, 2.45) is 5.92 Å². The second kappa shape index (κ2) is 8.43. The highest BCUT2D eigenvalue weighted by Crippen LogP contribution is 2.29. The first-order valence-electron chi connectivity index (χ1n) is 10.2. The van der Waals surface area contributed by atoms with Crippen LogP contribution in [-0.2, 0) is 27.7 Å². The number of sulfonamides is 1. The van der Waals surface area contributed by atoms with Crippen molar-refractivity contribution in [3.8, 4) is 0 Å². The molecule has 1 heterocycles. The van der Waals surface area contributed by atoms with Crippen LogP contribution in [0.3, 0.4) is 0 Å². The van der Waals surface area contributed by atoms with Crippen molar-refractivity contribution < 1.29 is 22.0 Å². The molecule has 2 aliphatic rings. The van der Waals surface area contributed by atoms with E-state index in [2.05, 4.69) is 5.32 Å².